The lowest BCUT2D eigenvalue weighted by Gasteiger charge is -2.19. The molecule has 0 aromatic carbocycles. The Hall–Kier alpha value is -1.78. The van der Waals surface area contributed by atoms with Crippen LogP contribution in [0.15, 0.2) is 6.08 Å². The zero-order valence-corrected chi connectivity index (χ0v) is 11.5. The summed E-state index contributed by atoms with van der Waals surface area (Å²) < 4.78 is 1.80. The summed E-state index contributed by atoms with van der Waals surface area (Å²) in [5, 5.41) is 13.1. The van der Waals surface area contributed by atoms with Gasteiger partial charge in [-0.25, -0.2) is 4.79 Å². The van der Waals surface area contributed by atoms with Crippen molar-refractivity contribution in [3.8, 4) is 0 Å². The highest BCUT2D eigenvalue weighted by atomic mass is 16.4. The van der Waals surface area contributed by atoms with E-state index in [-0.39, 0.29) is 0 Å². The quantitative estimate of drug-likeness (QED) is 0.786. The number of nitrogens with zero attached hydrogens (tertiary/aromatic N) is 3. The molecule has 0 aliphatic carbocycles. The summed E-state index contributed by atoms with van der Waals surface area (Å²) in [5.74, 6) is 0.0128. The molecule has 0 amide bonds. The molecule has 1 heterocycles. The molecule has 0 atom stereocenters. The van der Waals surface area contributed by atoms with Gasteiger partial charge in [-0.2, -0.15) is 5.10 Å². The molecule has 0 aliphatic rings. The van der Waals surface area contributed by atoms with Crippen molar-refractivity contribution in [2.75, 3.05) is 18.5 Å². The maximum Gasteiger partial charge on any atom is 0.328 e. The molecule has 0 spiro atoms. The van der Waals surface area contributed by atoms with Gasteiger partial charge < -0.3 is 10.0 Å². The van der Waals surface area contributed by atoms with Crippen molar-refractivity contribution in [1.82, 2.24) is 9.78 Å². The minimum absolute atomic E-state index is 0.841. The molecule has 0 unspecified atom stereocenters. The SMILES string of the molecule is CCCCN(C)c1c(/C=C/C(=O)O)c(C)nn1C. The number of unbranched alkanes of at least 4 members (excludes halogenated alkanes) is 1. The molecule has 5 heteroatoms. The zero-order valence-electron chi connectivity index (χ0n) is 11.5. The molecule has 0 fully saturated rings. The van der Waals surface area contributed by atoms with Crippen molar-refractivity contribution < 1.29 is 9.90 Å². The average Bonchev–Trinajstić information content (AvgIpc) is 2.58. The van der Waals surface area contributed by atoms with Crippen LogP contribution in [0.3, 0.4) is 0 Å². The van der Waals surface area contributed by atoms with Crippen LogP contribution in [0.1, 0.15) is 31.0 Å². The Balaban J connectivity index is 3.05. The number of hydrogen-bond donors (Lipinski definition) is 1. The standard InChI is InChI=1S/C13H21N3O2/c1-5-6-9-15(3)13-11(7-8-12(17)18)10(2)14-16(13)4/h7-8H,5-6,9H2,1-4H3,(H,17,18)/b8-7+. The molecular formula is C13H21N3O2. The van der Waals surface area contributed by atoms with Gasteiger partial charge in [0.15, 0.2) is 0 Å². The summed E-state index contributed by atoms with van der Waals surface area (Å²) in [7, 11) is 3.88. The lowest BCUT2D eigenvalue weighted by atomic mass is 10.2. The third kappa shape index (κ3) is 3.35. The number of anilines is 1. The largest absolute Gasteiger partial charge is 0.478 e. The molecular weight excluding hydrogens is 230 g/mol. The second-order valence-corrected chi connectivity index (χ2v) is 4.39. The fourth-order valence-corrected chi connectivity index (χ4v) is 1.97. The van der Waals surface area contributed by atoms with Gasteiger partial charge in [0.2, 0.25) is 0 Å². The fourth-order valence-electron chi connectivity index (χ4n) is 1.97. The number of carboxylic acid groups (broad SMARTS) is 1. The maximum absolute atomic E-state index is 10.6. The predicted octanol–water partition coefficient (Wildman–Crippen LogP) is 2.06. The molecule has 0 radical (unpaired) electrons. The highest BCUT2D eigenvalue weighted by molar-refractivity contribution is 5.87. The summed E-state index contributed by atoms with van der Waals surface area (Å²) in [6, 6.07) is 0. The summed E-state index contributed by atoms with van der Waals surface area (Å²) in [6.45, 7) is 4.97. The molecule has 1 rings (SSSR count). The molecule has 0 aliphatic heterocycles. The number of carbonyl (C=O) groups is 1. The van der Waals surface area contributed by atoms with Crippen molar-refractivity contribution in [2.45, 2.75) is 26.7 Å². The minimum Gasteiger partial charge on any atom is -0.478 e. The smallest absolute Gasteiger partial charge is 0.328 e. The molecule has 100 valence electrons. The number of carboxylic acids is 1. The van der Waals surface area contributed by atoms with Crippen molar-refractivity contribution in [1.29, 1.82) is 0 Å². The Morgan fingerprint density at radius 1 is 1.56 bits per heavy atom. The third-order valence-corrected chi connectivity index (χ3v) is 2.84. The summed E-state index contributed by atoms with van der Waals surface area (Å²) in [5.41, 5.74) is 1.71. The van der Waals surface area contributed by atoms with Crippen LogP contribution in [0.5, 0.6) is 0 Å². The first-order chi connectivity index (χ1) is 8.47. The molecule has 1 aromatic rings. The molecule has 0 bridgehead atoms. The van der Waals surface area contributed by atoms with Gasteiger partial charge in [-0.3, -0.25) is 4.68 Å². The molecule has 1 N–H and O–H groups in total. The van der Waals surface area contributed by atoms with E-state index in [1.807, 2.05) is 21.0 Å². The Morgan fingerprint density at radius 2 is 2.22 bits per heavy atom. The van der Waals surface area contributed by atoms with Gasteiger partial charge in [0.1, 0.15) is 5.82 Å². The molecule has 5 nitrogen and oxygen atoms in total. The summed E-state index contributed by atoms with van der Waals surface area (Å²) in [6.07, 6.45) is 4.99. The van der Waals surface area contributed by atoms with Crippen LogP contribution >= 0.6 is 0 Å². The van der Waals surface area contributed by atoms with E-state index in [1.165, 1.54) is 0 Å². The Kier molecular flexibility index (Phi) is 4.95. The van der Waals surface area contributed by atoms with Crippen LogP contribution < -0.4 is 4.90 Å². The minimum atomic E-state index is -0.944. The fraction of sp³-hybridized carbons (Fsp3) is 0.538. The van der Waals surface area contributed by atoms with E-state index in [2.05, 4.69) is 16.9 Å². The summed E-state index contributed by atoms with van der Waals surface area (Å²) in [4.78, 5) is 12.7. The lowest BCUT2D eigenvalue weighted by molar-refractivity contribution is -0.131. The molecule has 0 saturated heterocycles. The van der Waals surface area contributed by atoms with Crippen LogP contribution in [-0.2, 0) is 11.8 Å². The topological polar surface area (TPSA) is 58.4 Å². The van der Waals surface area contributed by atoms with E-state index in [4.69, 9.17) is 5.11 Å². The van der Waals surface area contributed by atoms with Gasteiger partial charge in [-0.15, -0.1) is 0 Å². The maximum atomic E-state index is 10.6. The van der Waals surface area contributed by atoms with Crippen LogP contribution in [0.4, 0.5) is 5.82 Å². The normalized spacial score (nSPS) is 11.1. The molecule has 0 saturated carbocycles. The molecule has 18 heavy (non-hydrogen) atoms. The van der Waals surface area contributed by atoms with Gasteiger partial charge in [-0.05, 0) is 19.4 Å². The second kappa shape index (κ2) is 6.23. The molecule has 1 aromatic heterocycles. The zero-order chi connectivity index (χ0) is 13.7. The second-order valence-electron chi connectivity index (χ2n) is 4.39. The van der Waals surface area contributed by atoms with E-state index in [1.54, 1.807) is 10.8 Å². The highest BCUT2D eigenvalue weighted by Crippen LogP contribution is 2.23. The van der Waals surface area contributed by atoms with E-state index in [9.17, 15) is 4.79 Å². The van der Waals surface area contributed by atoms with Gasteiger partial charge >= 0.3 is 5.97 Å². The Labute approximate surface area is 108 Å². The van der Waals surface area contributed by atoms with Crippen LogP contribution in [-0.4, -0.2) is 34.4 Å². The third-order valence-electron chi connectivity index (χ3n) is 2.84. The number of aliphatic carboxylic acids is 1. The predicted molar refractivity (Wildman–Crippen MR) is 72.8 cm³/mol. The Bertz CT molecular complexity index is 449. The first-order valence-electron chi connectivity index (χ1n) is 6.13. The average molecular weight is 251 g/mol. The summed E-state index contributed by atoms with van der Waals surface area (Å²) >= 11 is 0. The monoisotopic (exact) mass is 251 g/mol. The van der Waals surface area contributed by atoms with Gasteiger partial charge in [0.05, 0.1) is 5.69 Å². The van der Waals surface area contributed by atoms with E-state index in [0.717, 1.165) is 42.5 Å². The van der Waals surface area contributed by atoms with Crippen molar-refractivity contribution in [2.24, 2.45) is 7.05 Å². The van der Waals surface area contributed by atoms with E-state index < -0.39 is 5.97 Å². The van der Waals surface area contributed by atoms with Gasteiger partial charge in [0, 0.05) is 32.3 Å². The highest BCUT2D eigenvalue weighted by Gasteiger charge is 2.14. The van der Waals surface area contributed by atoms with E-state index in [0.29, 0.717) is 0 Å². The van der Waals surface area contributed by atoms with E-state index >= 15 is 0 Å². The van der Waals surface area contributed by atoms with Crippen molar-refractivity contribution in [3.63, 3.8) is 0 Å². The van der Waals surface area contributed by atoms with Crippen molar-refractivity contribution in [3.05, 3.63) is 17.3 Å². The van der Waals surface area contributed by atoms with Gasteiger partial charge in [0.25, 0.3) is 0 Å². The number of hydrogen-bond acceptors (Lipinski definition) is 3. The lowest BCUT2D eigenvalue weighted by Crippen LogP contribution is -2.21. The van der Waals surface area contributed by atoms with Crippen LogP contribution in [0.25, 0.3) is 6.08 Å². The van der Waals surface area contributed by atoms with Crippen molar-refractivity contribution >= 4 is 17.9 Å². The first-order valence-corrected chi connectivity index (χ1v) is 6.13. The number of aryl methyl sites for hydroxylation is 2. The Morgan fingerprint density at radius 3 is 2.78 bits per heavy atom. The van der Waals surface area contributed by atoms with Gasteiger partial charge in [-0.1, -0.05) is 13.3 Å². The van der Waals surface area contributed by atoms with Crippen LogP contribution in [0.2, 0.25) is 0 Å². The first kappa shape index (κ1) is 14.3. The number of rotatable bonds is 6. The van der Waals surface area contributed by atoms with Crippen LogP contribution in [0, 0.1) is 6.92 Å². The number of aromatic nitrogens is 2.